The van der Waals surface area contributed by atoms with Crippen molar-refractivity contribution in [2.75, 3.05) is 11.1 Å². The van der Waals surface area contributed by atoms with Crippen LogP contribution in [-0.4, -0.2) is 15.7 Å². The van der Waals surface area contributed by atoms with Crippen LogP contribution in [0.2, 0.25) is 0 Å². The third kappa shape index (κ3) is 2.99. The molecule has 2 aromatic rings. The highest BCUT2D eigenvalue weighted by Crippen LogP contribution is 2.17. The van der Waals surface area contributed by atoms with E-state index < -0.39 is 0 Å². The molecule has 0 fully saturated rings. The SMILES string of the molecule is Cc1nn(CCC(=O)Nc2ccccc2N)c(C)c1C. The number of carbonyl (C=O) groups is 1. The Hall–Kier alpha value is -2.30. The summed E-state index contributed by atoms with van der Waals surface area (Å²) < 4.78 is 1.87. The van der Waals surface area contributed by atoms with Gasteiger partial charge in [0.2, 0.25) is 5.91 Å². The monoisotopic (exact) mass is 272 g/mol. The maximum Gasteiger partial charge on any atom is 0.226 e. The van der Waals surface area contributed by atoms with E-state index >= 15 is 0 Å². The summed E-state index contributed by atoms with van der Waals surface area (Å²) in [6.07, 6.45) is 0.371. The number of benzene rings is 1. The quantitative estimate of drug-likeness (QED) is 0.839. The van der Waals surface area contributed by atoms with Gasteiger partial charge in [-0.3, -0.25) is 9.48 Å². The van der Waals surface area contributed by atoms with Crippen molar-refractivity contribution in [3.63, 3.8) is 0 Å². The topological polar surface area (TPSA) is 72.9 Å². The summed E-state index contributed by atoms with van der Waals surface area (Å²) >= 11 is 0. The van der Waals surface area contributed by atoms with Gasteiger partial charge < -0.3 is 11.1 Å². The molecule has 0 aliphatic heterocycles. The van der Waals surface area contributed by atoms with Gasteiger partial charge in [0.25, 0.3) is 0 Å². The number of nitrogens with zero attached hydrogens (tertiary/aromatic N) is 2. The van der Waals surface area contributed by atoms with Crippen molar-refractivity contribution < 1.29 is 4.79 Å². The molecule has 106 valence electrons. The van der Waals surface area contributed by atoms with E-state index in [0.29, 0.717) is 24.3 Å². The minimum atomic E-state index is -0.0619. The van der Waals surface area contributed by atoms with Gasteiger partial charge in [-0.15, -0.1) is 0 Å². The molecule has 20 heavy (non-hydrogen) atoms. The number of nitrogens with one attached hydrogen (secondary N) is 1. The summed E-state index contributed by atoms with van der Waals surface area (Å²) in [6.45, 7) is 6.60. The van der Waals surface area contributed by atoms with Gasteiger partial charge in [-0.05, 0) is 38.5 Å². The number of nitrogen functional groups attached to an aromatic ring is 1. The van der Waals surface area contributed by atoms with Crippen molar-refractivity contribution >= 4 is 17.3 Å². The third-order valence-electron chi connectivity index (χ3n) is 3.53. The Balaban J connectivity index is 1.96. The number of amides is 1. The van der Waals surface area contributed by atoms with Crippen LogP contribution in [0, 0.1) is 20.8 Å². The number of hydrogen-bond donors (Lipinski definition) is 2. The molecule has 1 amide bonds. The fourth-order valence-electron chi connectivity index (χ4n) is 2.04. The first-order chi connectivity index (χ1) is 9.49. The Kier molecular flexibility index (Phi) is 4.08. The Morgan fingerprint density at radius 2 is 2.00 bits per heavy atom. The van der Waals surface area contributed by atoms with E-state index in [9.17, 15) is 4.79 Å². The molecule has 5 heteroatoms. The van der Waals surface area contributed by atoms with Gasteiger partial charge in [0.1, 0.15) is 0 Å². The van der Waals surface area contributed by atoms with Gasteiger partial charge in [0.15, 0.2) is 0 Å². The smallest absolute Gasteiger partial charge is 0.226 e. The number of carbonyl (C=O) groups excluding carboxylic acids is 1. The lowest BCUT2D eigenvalue weighted by Gasteiger charge is -2.08. The molecule has 0 saturated heterocycles. The maximum absolute atomic E-state index is 11.9. The van der Waals surface area contributed by atoms with Crippen LogP contribution in [0.15, 0.2) is 24.3 Å². The van der Waals surface area contributed by atoms with E-state index in [-0.39, 0.29) is 5.91 Å². The van der Waals surface area contributed by atoms with Gasteiger partial charge >= 0.3 is 0 Å². The van der Waals surface area contributed by atoms with E-state index in [1.54, 1.807) is 12.1 Å². The largest absolute Gasteiger partial charge is 0.397 e. The zero-order chi connectivity index (χ0) is 14.7. The van der Waals surface area contributed by atoms with Crippen molar-refractivity contribution in [1.29, 1.82) is 0 Å². The van der Waals surface area contributed by atoms with E-state index in [1.807, 2.05) is 37.6 Å². The molecule has 0 atom stereocenters. The first-order valence-electron chi connectivity index (χ1n) is 6.64. The van der Waals surface area contributed by atoms with Crippen LogP contribution in [0.1, 0.15) is 23.4 Å². The number of para-hydroxylation sites is 2. The predicted molar refractivity (Wildman–Crippen MR) is 80.5 cm³/mol. The van der Waals surface area contributed by atoms with Crippen LogP contribution in [-0.2, 0) is 11.3 Å². The lowest BCUT2D eigenvalue weighted by atomic mass is 10.2. The van der Waals surface area contributed by atoms with Crippen LogP contribution < -0.4 is 11.1 Å². The van der Waals surface area contributed by atoms with Crippen LogP contribution in [0.3, 0.4) is 0 Å². The first kappa shape index (κ1) is 14.1. The molecule has 0 bridgehead atoms. The van der Waals surface area contributed by atoms with Crippen LogP contribution in [0.4, 0.5) is 11.4 Å². The number of aromatic nitrogens is 2. The third-order valence-corrected chi connectivity index (χ3v) is 3.53. The summed E-state index contributed by atoms with van der Waals surface area (Å²) in [7, 11) is 0. The maximum atomic E-state index is 11.9. The summed E-state index contributed by atoms with van der Waals surface area (Å²) in [5, 5.41) is 7.23. The second kappa shape index (κ2) is 5.77. The van der Waals surface area contributed by atoms with Crippen molar-refractivity contribution in [1.82, 2.24) is 9.78 Å². The van der Waals surface area contributed by atoms with Crippen molar-refractivity contribution in [2.24, 2.45) is 0 Å². The van der Waals surface area contributed by atoms with Crippen molar-refractivity contribution in [3.05, 3.63) is 41.2 Å². The molecular formula is C15H20N4O. The van der Waals surface area contributed by atoms with E-state index in [2.05, 4.69) is 10.4 Å². The molecule has 0 radical (unpaired) electrons. The number of hydrogen-bond acceptors (Lipinski definition) is 3. The van der Waals surface area contributed by atoms with Gasteiger partial charge in [0, 0.05) is 18.7 Å². The summed E-state index contributed by atoms with van der Waals surface area (Å²) in [6, 6.07) is 7.24. The lowest BCUT2D eigenvalue weighted by Crippen LogP contribution is -2.16. The zero-order valence-corrected chi connectivity index (χ0v) is 12.1. The van der Waals surface area contributed by atoms with Gasteiger partial charge in [-0.2, -0.15) is 5.10 Å². The van der Waals surface area contributed by atoms with Crippen LogP contribution in [0.5, 0.6) is 0 Å². The predicted octanol–water partition coefficient (Wildman–Crippen LogP) is 2.42. The average molecular weight is 272 g/mol. The van der Waals surface area contributed by atoms with Crippen LogP contribution >= 0.6 is 0 Å². The standard InChI is InChI=1S/C15H20N4O/c1-10-11(2)18-19(12(10)3)9-8-15(20)17-14-7-5-4-6-13(14)16/h4-7H,8-9,16H2,1-3H3,(H,17,20). The summed E-state index contributed by atoms with van der Waals surface area (Å²) in [5.41, 5.74) is 10.3. The van der Waals surface area contributed by atoms with Crippen molar-refractivity contribution in [2.45, 2.75) is 33.7 Å². The van der Waals surface area contributed by atoms with Gasteiger partial charge in [-0.1, -0.05) is 12.1 Å². The number of rotatable bonds is 4. The first-order valence-corrected chi connectivity index (χ1v) is 6.64. The molecule has 0 aliphatic carbocycles. The molecule has 1 aromatic heterocycles. The Morgan fingerprint density at radius 3 is 2.60 bits per heavy atom. The lowest BCUT2D eigenvalue weighted by molar-refractivity contribution is -0.116. The highest BCUT2D eigenvalue weighted by Gasteiger charge is 2.09. The molecule has 0 aliphatic rings. The Labute approximate surface area is 118 Å². The molecule has 3 N–H and O–H groups in total. The fourth-order valence-corrected chi connectivity index (χ4v) is 2.04. The van der Waals surface area contributed by atoms with Crippen LogP contribution in [0.25, 0.3) is 0 Å². The highest BCUT2D eigenvalue weighted by atomic mass is 16.1. The highest BCUT2D eigenvalue weighted by molar-refractivity contribution is 5.93. The normalized spacial score (nSPS) is 10.6. The van der Waals surface area contributed by atoms with Crippen molar-refractivity contribution in [3.8, 4) is 0 Å². The second-order valence-electron chi connectivity index (χ2n) is 4.90. The molecule has 0 spiro atoms. The molecule has 2 rings (SSSR count). The minimum absolute atomic E-state index is 0.0619. The average Bonchev–Trinajstić information content (AvgIpc) is 2.66. The number of nitrogens with two attached hydrogens (primary N) is 1. The minimum Gasteiger partial charge on any atom is -0.397 e. The molecule has 0 unspecified atom stereocenters. The zero-order valence-electron chi connectivity index (χ0n) is 12.1. The second-order valence-corrected chi connectivity index (χ2v) is 4.90. The van der Waals surface area contributed by atoms with Gasteiger partial charge in [0.05, 0.1) is 17.1 Å². The number of anilines is 2. The Morgan fingerprint density at radius 1 is 1.30 bits per heavy atom. The molecule has 1 heterocycles. The van der Waals surface area contributed by atoms with E-state index in [4.69, 9.17) is 5.73 Å². The molecule has 1 aromatic carbocycles. The van der Waals surface area contributed by atoms with E-state index in [1.165, 1.54) is 5.56 Å². The van der Waals surface area contributed by atoms with E-state index in [0.717, 1.165) is 11.4 Å². The molecule has 5 nitrogen and oxygen atoms in total. The fraction of sp³-hybridized carbons (Fsp3) is 0.333. The molecular weight excluding hydrogens is 252 g/mol. The Bertz CT molecular complexity index is 631. The summed E-state index contributed by atoms with van der Waals surface area (Å²) in [5.74, 6) is -0.0619. The summed E-state index contributed by atoms with van der Waals surface area (Å²) in [4.78, 5) is 11.9. The molecule has 0 saturated carbocycles. The van der Waals surface area contributed by atoms with Gasteiger partial charge in [-0.25, -0.2) is 0 Å². The number of aryl methyl sites for hydroxylation is 2.